The molecule has 0 aromatic heterocycles. The van der Waals surface area contributed by atoms with Gasteiger partial charge in [-0.05, 0) is 72.4 Å². The van der Waals surface area contributed by atoms with Crippen LogP contribution >= 0.6 is 47.8 Å². The van der Waals surface area contributed by atoms with E-state index in [1.165, 1.54) is 5.56 Å². The molecule has 0 aliphatic rings. The molecule has 0 nitrogen and oxygen atoms in total. The maximum Gasteiger partial charge on any atom is 0.0468 e. The molecule has 0 aliphatic carbocycles. The third-order valence-electron chi connectivity index (χ3n) is 1.15. The number of rotatable bonds is 0. The van der Waals surface area contributed by atoms with Crippen molar-refractivity contribution in [3.63, 3.8) is 0 Å². The van der Waals surface area contributed by atoms with Crippen LogP contribution in [0.3, 0.4) is 0 Å². The van der Waals surface area contributed by atoms with Gasteiger partial charge in [0, 0.05) is 13.4 Å². The van der Waals surface area contributed by atoms with Gasteiger partial charge in [0.1, 0.15) is 0 Å². The first kappa shape index (κ1) is 8.75. The molecular formula is C7H4Br3. The van der Waals surface area contributed by atoms with Crippen molar-refractivity contribution in [2.75, 3.05) is 0 Å². The van der Waals surface area contributed by atoms with E-state index in [2.05, 4.69) is 53.9 Å². The Morgan fingerprint density at radius 2 is 1.80 bits per heavy atom. The van der Waals surface area contributed by atoms with Gasteiger partial charge in [0.05, 0.1) is 0 Å². The Kier molecular flexibility index (Phi) is 2.95. The molecule has 0 bridgehead atoms. The zero-order chi connectivity index (χ0) is 7.72. The lowest BCUT2D eigenvalue weighted by atomic mass is 10.2. The molecule has 0 spiro atoms. The van der Waals surface area contributed by atoms with Crippen molar-refractivity contribution in [3.05, 3.63) is 31.1 Å². The third-order valence-corrected chi connectivity index (χ3v) is 4.65. The smallest absolute Gasteiger partial charge is 0.0468 e. The molecule has 0 heterocycles. The van der Waals surface area contributed by atoms with Crippen LogP contribution in [0.25, 0.3) is 0 Å². The van der Waals surface area contributed by atoms with Crippen molar-refractivity contribution in [1.82, 2.24) is 0 Å². The normalized spacial score (nSPS) is 10.0. The number of benzene rings is 1. The minimum Gasteiger partial charge on any atom is -0.0493 e. The van der Waals surface area contributed by atoms with Gasteiger partial charge in [0.2, 0.25) is 0 Å². The zero-order valence-electron chi connectivity index (χ0n) is 5.21. The predicted molar refractivity (Wildman–Crippen MR) is 53.1 cm³/mol. The Bertz CT molecular complexity index is 228. The fourth-order valence-electron chi connectivity index (χ4n) is 0.568. The Morgan fingerprint density at radius 1 is 1.20 bits per heavy atom. The molecule has 0 atom stereocenters. The standard InChI is InChI=1S/C7H4Br3/c1-4-2-3-5(8)7(10)6(4)9/h2H,1H3. The Morgan fingerprint density at radius 3 is 2.30 bits per heavy atom. The van der Waals surface area contributed by atoms with E-state index < -0.39 is 0 Å². The van der Waals surface area contributed by atoms with Gasteiger partial charge in [-0.25, -0.2) is 0 Å². The van der Waals surface area contributed by atoms with E-state index in [0.29, 0.717) is 0 Å². The first-order valence-electron chi connectivity index (χ1n) is 2.64. The van der Waals surface area contributed by atoms with Crippen LogP contribution in [0, 0.1) is 13.0 Å². The van der Waals surface area contributed by atoms with Crippen molar-refractivity contribution in [3.8, 4) is 0 Å². The molecule has 0 fully saturated rings. The van der Waals surface area contributed by atoms with Crippen molar-refractivity contribution in [2.24, 2.45) is 0 Å². The van der Waals surface area contributed by atoms with Crippen molar-refractivity contribution in [2.45, 2.75) is 6.92 Å². The molecule has 1 aromatic rings. The van der Waals surface area contributed by atoms with Gasteiger partial charge < -0.3 is 0 Å². The number of aryl methyl sites for hydroxylation is 1. The van der Waals surface area contributed by atoms with E-state index in [-0.39, 0.29) is 0 Å². The van der Waals surface area contributed by atoms with Crippen LogP contribution in [-0.4, -0.2) is 0 Å². The molecular weight excluding hydrogens is 324 g/mol. The van der Waals surface area contributed by atoms with Gasteiger partial charge >= 0.3 is 0 Å². The van der Waals surface area contributed by atoms with Gasteiger partial charge in [-0.15, -0.1) is 0 Å². The Balaban J connectivity index is 3.34. The van der Waals surface area contributed by atoms with Crippen LogP contribution in [0.2, 0.25) is 0 Å². The quantitative estimate of drug-likeness (QED) is 0.630. The molecule has 53 valence electrons. The summed E-state index contributed by atoms with van der Waals surface area (Å²) in [6, 6.07) is 4.98. The van der Waals surface area contributed by atoms with E-state index in [0.717, 1.165) is 13.4 Å². The van der Waals surface area contributed by atoms with Crippen molar-refractivity contribution in [1.29, 1.82) is 0 Å². The van der Waals surface area contributed by atoms with Gasteiger partial charge in [-0.1, -0.05) is 0 Å². The summed E-state index contributed by atoms with van der Waals surface area (Å²) >= 11 is 10.2. The molecule has 10 heavy (non-hydrogen) atoms. The highest BCUT2D eigenvalue weighted by Gasteiger charge is 2.02. The Hall–Kier alpha value is 0.660. The molecule has 0 unspecified atom stereocenters. The second-order valence-electron chi connectivity index (χ2n) is 1.91. The SMILES string of the molecule is Cc1c[c]c(Br)c(Br)c1Br. The molecule has 1 aromatic carbocycles. The van der Waals surface area contributed by atoms with Crippen molar-refractivity contribution < 1.29 is 0 Å². The fourth-order valence-corrected chi connectivity index (χ4v) is 1.89. The van der Waals surface area contributed by atoms with E-state index in [1.54, 1.807) is 0 Å². The number of hydrogen-bond donors (Lipinski definition) is 0. The molecule has 0 saturated carbocycles. The van der Waals surface area contributed by atoms with Crippen LogP contribution in [0.15, 0.2) is 19.5 Å². The zero-order valence-corrected chi connectivity index (χ0v) is 9.97. The van der Waals surface area contributed by atoms with E-state index >= 15 is 0 Å². The average molecular weight is 328 g/mol. The molecule has 3 heteroatoms. The minimum atomic E-state index is 0.949. The summed E-state index contributed by atoms with van der Waals surface area (Å²) in [5.74, 6) is 0. The van der Waals surface area contributed by atoms with Crippen LogP contribution in [0.5, 0.6) is 0 Å². The maximum atomic E-state index is 3.43. The fraction of sp³-hybridized carbons (Fsp3) is 0.143. The molecule has 1 rings (SSSR count). The molecule has 0 saturated heterocycles. The second kappa shape index (κ2) is 3.37. The topological polar surface area (TPSA) is 0 Å². The Labute approximate surface area is 85.4 Å². The second-order valence-corrected chi connectivity index (χ2v) is 4.29. The summed E-state index contributed by atoms with van der Waals surface area (Å²) in [6.07, 6.45) is 0. The van der Waals surface area contributed by atoms with Crippen LogP contribution in [0.4, 0.5) is 0 Å². The van der Waals surface area contributed by atoms with Gasteiger partial charge in [0.15, 0.2) is 0 Å². The summed E-state index contributed by atoms with van der Waals surface area (Å²) < 4.78 is 3.05. The van der Waals surface area contributed by atoms with Gasteiger partial charge in [0.25, 0.3) is 0 Å². The van der Waals surface area contributed by atoms with Gasteiger partial charge in [-0.3, -0.25) is 0 Å². The van der Waals surface area contributed by atoms with Gasteiger partial charge in [-0.2, -0.15) is 0 Å². The molecule has 0 amide bonds. The largest absolute Gasteiger partial charge is 0.0493 e. The highest BCUT2D eigenvalue weighted by atomic mass is 79.9. The predicted octanol–water partition coefficient (Wildman–Crippen LogP) is 4.08. The average Bonchev–Trinajstić information content (AvgIpc) is 1.93. The van der Waals surface area contributed by atoms with E-state index in [9.17, 15) is 0 Å². The lowest BCUT2D eigenvalue weighted by molar-refractivity contribution is 1.38. The highest BCUT2D eigenvalue weighted by Crippen LogP contribution is 2.32. The summed E-state index contributed by atoms with van der Waals surface area (Å²) in [5, 5.41) is 0. The molecule has 1 radical (unpaired) electrons. The van der Waals surface area contributed by atoms with Crippen molar-refractivity contribution >= 4 is 47.8 Å². The van der Waals surface area contributed by atoms with E-state index in [4.69, 9.17) is 0 Å². The summed E-state index contributed by atoms with van der Waals surface area (Å²) in [6.45, 7) is 2.03. The van der Waals surface area contributed by atoms with Crippen LogP contribution < -0.4 is 0 Å². The highest BCUT2D eigenvalue weighted by molar-refractivity contribution is 9.14. The van der Waals surface area contributed by atoms with E-state index in [1.807, 2.05) is 13.0 Å². The summed E-state index contributed by atoms with van der Waals surface area (Å²) in [4.78, 5) is 0. The molecule has 0 N–H and O–H groups in total. The maximum absolute atomic E-state index is 3.43. The first-order valence-corrected chi connectivity index (χ1v) is 5.02. The lowest BCUT2D eigenvalue weighted by Gasteiger charge is -2.01. The van der Waals surface area contributed by atoms with Crippen LogP contribution in [0.1, 0.15) is 5.56 Å². The molecule has 0 aliphatic heterocycles. The minimum absolute atomic E-state index is 0.949. The summed E-state index contributed by atoms with van der Waals surface area (Å²) in [5.41, 5.74) is 1.18. The van der Waals surface area contributed by atoms with Crippen LogP contribution in [-0.2, 0) is 0 Å². The first-order chi connectivity index (χ1) is 4.63. The lowest BCUT2D eigenvalue weighted by Crippen LogP contribution is -1.78. The third kappa shape index (κ3) is 1.63. The number of halogens is 3. The number of hydrogen-bond acceptors (Lipinski definition) is 0. The monoisotopic (exact) mass is 325 g/mol. The summed E-state index contributed by atoms with van der Waals surface area (Å²) in [7, 11) is 0.